The smallest absolute Gasteiger partial charge is 0.243 e. The van der Waals surface area contributed by atoms with Crippen molar-refractivity contribution in [2.75, 3.05) is 0 Å². The van der Waals surface area contributed by atoms with Crippen LogP contribution in [0.3, 0.4) is 0 Å². The summed E-state index contributed by atoms with van der Waals surface area (Å²) in [6.07, 6.45) is 3.08. The van der Waals surface area contributed by atoms with E-state index in [2.05, 4.69) is 9.97 Å². The van der Waals surface area contributed by atoms with Crippen LogP contribution in [0.15, 0.2) is 29.9 Å². The van der Waals surface area contributed by atoms with Gasteiger partial charge in [-0.1, -0.05) is 18.3 Å². The van der Waals surface area contributed by atoms with Gasteiger partial charge in [0.05, 0.1) is 0 Å². The maximum Gasteiger partial charge on any atom is 0.243 e. The van der Waals surface area contributed by atoms with E-state index in [0.29, 0.717) is 18.2 Å². The number of nitrogens with zero attached hydrogens (tertiary/aromatic N) is 2. The number of ether oxygens (including phenoxy) is 1. The van der Waals surface area contributed by atoms with E-state index >= 15 is 0 Å². The third-order valence-electron chi connectivity index (χ3n) is 1.83. The third kappa shape index (κ3) is 2.53. The number of hydrogen-bond acceptors (Lipinski definition) is 5. The summed E-state index contributed by atoms with van der Waals surface area (Å²) in [5.41, 5.74) is 5.94. The standard InChI is InChI=1S/C10H9N3OS2/c11-9(15)8-10(13-4-3-12-8)14-6-7-2-1-5-16-7/h1-5H,6H2,(H2,11,15). The van der Waals surface area contributed by atoms with Gasteiger partial charge in [0.15, 0.2) is 5.69 Å². The largest absolute Gasteiger partial charge is 0.470 e. The Kier molecular flexibility index (Phi) is 3.43. The van der Waals surface area contributed by atoms with Gasteiger partial charge in [0, 0.05) is 17.3 Å². The number of aromatic nitrogens is 2. The van der Waals surface area contributed by atoms with E-state index in [-0.39, 0.29) is 4.99 Å². The van der Waals surface area contributed by atoms with E-state index in [1.165, 1.54) is 6.20 Å². The number of hydrogen-bond donors (Lipinski definition) is 1. The van der Waals surface area contributed by atoms with Gasteiger partial charge >= 0.3 is 0 Å². The molecule has 6 heteroatoms. The van der Waals surface area contributed by atoms with Crippen LogP contribution in [0.5, 0.6) is 5.88 Å². The summed E-state index contributed by atoms with van der Waals surface area (Å²) >= 11 is 6.48. The lowest BCUT2D eigenvalue weighted by Crippen LogP contribution is -2.14. The molecule has 0 saturated heterocycles. The first kappa shape index (κ1) is 11.0. The Hall–Kier alpha value is -1.53. The van der Waals surface area contributed by atoms with Gasteiger partial charge in [-0.05, 0) is 11.4 Å². The van der Waals surface area contributed by atoms with E-state index in [4.69, 9.17) is 22.7 Å². The molecule has 2 heterocycles. The zero-order chi connectivity index (χ0) is 11.4. The molecule has 0 aliphatic rings. The number of thiocarbonyl (C=S) groups is 1. The molecule has 0 fully saturated rings. The maximum absolute atomic E-state index is 5.52. The summed E-state index contributed by atoms with van der Waals surface area (Å²) < 4.78 is 5.51. The molecule has 2 aromatic heterocycles. The van der Waals surface area contributed by atoms with Crippen molar-refractivity contribution in [2.24, 2.45) is 5.73 Å². The Morgan fingerprint density at radius 1 is 1.44 bits per heavy atom. The minimum Gasteiger partial charge on any atom is -0.470 e. The van der Waals surface area contributed by atoms with Gasteiger partial charge < -0.3 is 10.5 Å². The second-order valence-corrected chi connectivity index (χ2v) is 4.41. The molecular formula is C10H9N3OS2. The quantitative estimate of drug-likeness (QED) is 0.839. The van der Waals surface area contributed by atoms with Gasteiger partial charge in [0.25, 0.3) is 0 Å². The van der Waals surface area contributed by atoms with E-state index in [0.717, 1.165) is 4.88 Å². The molecule has 0 radical (unpaired) electrons. The van der Waals surface area contributed by atoms with Crippen molar-refractivity contribution >= 4 is 28.5 Å². The minimum absolute atomic E-state index is 0.189. The van der Waals surface area contributed by atoms with Crippen molar-refractivity contribution in [1.82, 2.24) is 9.97 Å². The predicted octanol–water partition coefficient (Wildman–Crippen LogP) is 1.75. The molecule has 82 valence electrons. The van der Waals surface area contributed by atoms with E-state index < -0.39 is 0 Å². The Bertz CT molecular complexity index is 485. The van der Waals surface area contributed by atoms with Crippen molar-refractivity contribution in [3.63, 3.8) is 0 Å². The van der Waals surface area contributed by atoms with E-state index in [1.54, 1.807) is 17.5 Å². The Morgan fingerprint density at radius 2 is 2.25 bits per heavy atom. The molecule has 2 rings (SSSR count). The molecule has 2 aromatic rings. The lowest BCUT2D eigenvalue weighted by molar-refractivity contribution is 0.295. The molecule has 0 bridgehead atoms. The molecule has 0 amide bonds. The summed E-state index contributed by atoms with van der Waals surface area (Å²) in [7, 11) is 0. The topological polar surface area (TPSA) is 61.0 Å². The van der Waals surface area contributed by atoms with Crippen LogP contribution in [0.25, 0.3) is 0 Å². The molecule has 0 aromatic carbocycles. The van der Waals surface area contributed by atoms with Crippen LogP contribution in [0, 0.1) is 0 Å². The molecule has 0 unspecified atom stereocenters. The monoisotopic (exact) mass is 251 g/mol. The van der Waals surface area contributed by atoms with Crippen LogP contribution >= 0.6 is 23.6 Å². The first-order valence-electron chi connectivity index (χ1n) is 4.53. The number of rotatable bonds is 4. The Balaban J connectivity index is 2.12. The van der Waals surface area contributed by atoms with Crippen molar-refractivity contribution in [1.29, 1.82) is 0 Å². The average Bonchev–Trinajstić information content (AvgIpc) is 2.79. The van der Waals surface area contributed by atoms with E-state index in [9.17, 15) is 0 Å². The molecule has 0 atom stereocenters. The highest BCUT2D eigenvalue weighted by molar-refractivity contribution is 7.80. The van der Waals surface area contributed by atoms with Gasteiger partial charge in [0.1, 0.15) is 11.6 Å². The molecular weight excluding hydrogens is 242 g/mol. The Labute approximate surface area is 102 Å². The molecule has 2 N–H and O–H groups in total. The van der Waals surface area contributed by atoms with Crippen molar-refractivity contribution in [3.05, 3.63) is 40.5 Å². The highest BCUT2D eigenvalue weighted by atomic mass is 32.1. The first-order valence-corrected chi connectivity index (χ1v) is 5.82. The fraction of sp³-hybridized carbons (Fsp3) is 0.100. The third-order valence-corrected chi connectivity index (χ3v) is 2.87. The second-order valence-electron chi connectivity index (χ2n) is 2.94. The van der Waals surface area contributed by atoms with Crippen LogP contribution in [0.1, 0.15) is 10.6 Å². The predicted molar refractivity (Wildman–Crippen MR) is 66.6 cm³/mol. The molecule has 0 aliphatic heterocycles. The molecule has 0 aliphatic carbocycles. The van der Waals surface area contributed by atoms with Crippen molar-refractivity contribution in [2.45, 2.75) is 6.61 Å². The van der Waals surface area contributed by atoms with Crippen LogP contribution in [-0.2, 0) is 6.61 Å². The van der Waals surface area contributed by atoms with Gasteiger partial charge in [-0.3, -0.25) is 0 Å². The van der Waals surface area contributed by atoms with Gasteiger partial charge in [-0.2, -0.15) is 0 Å². The van der Waals surface area contributed by atoms with Crippen LogP contribution in [0.4, 0.5) is 0 Å². The summed E-state index contributed by atoms with van der Waals surface area (Å²) in [5, 5.41) is 1.99. The number of thiophene rings is 1. The molecule has 0 saturated carbocycles. The summed E-state index contributed by atoms with van der Waals surface area (Å²) in [6, 6.07) is 3.95. The lowest BCUT2D eigenvalue weighted by Gasteiger charge is -2.06. The summed E-state index contributed by atoms with van der Waals surface area (Å²) in [5.74, 6) is 0.378. The van der Waals surface area contributed by atoms with Crippen molar-refractivity contribution in [3.8, 4) is 5.88 Å². The van der Waals surface area contributed by atoms with Crippen LogP contribution in [0.2, 0.25) is 0 Å². The fourth-order valence-corrected chi connectivity index (χ4v) is 1.89. The zero-order valence-electron chi connectivity index (χ0n) is 8.29. The Morgan fingerprint density at radius 3 is 2.94 bits per heavy atom. The molecule has 16 heavy (non-hydrogen) atoms. The normalized spacial score (nSPS) is 10.0. The second kappa shape index (κ2) is 5.00. The highest BCUT2D eigenvalue weighted by Gasteiger charge is 2.09. The molecule has 0 spiro atoms. The summed E-state index contributed by atoms with van der Waals surface area (Å²) in [4.78, 5) is 9.38. The molecule has 4 nitrogen and oxygen atoms in total. The van der Waals surface area contributed by atoms with E-state index in [1.807, 2.05) is 17.5 Å². The minimum atomic E-state index is 0.189. The zero-order valence-corrected chi connectivity index (χ0v) is 9.92. The summed E-state index contributed by atoms with van der Waals surface area (Å²) in [6.45, 7) is 0.450. The first-order chi connectivity index (χ1) is 7.77. The van der Waals surface area contributed by atoms with Gasteiger partial charge in [-0.15, -0.1) is 11.3 Å². The number of nitrogens with two attached hydrogens (primary N) is 1. The van der Waals surface area contributed by atoms with Crippen LogP contribution in [-0.4, -0.2) is 15.0 Å². The lowest BCUT2D eigenvalue weighted by atomic mass is 10.4. The van der Waals surface area contributed by atoms with Gasteiger partial charge in [0.2, 0.25) is 5.88 Å². The fourth-order valence-electron chi connectivity index (χ4n) is 1.13. The SMILES string of the molecule is NC(=S)c1nccnc1OCc1cccs1. The van der Waals surface area contributed by atoms with Crippen LogP contribution < -0.4 is 10.5 Å². The highest BCUT2D eigenvalue weighted by Crippen LogP contribution is 2.15. The van der Waals surface area contributed by atoms with Crippen molar-refractivity contribution < 1.29 is 4.74 Å². The van der Waals surface area contributed by atoms with Gasteiger partial charge in [-0.25, -0.2) is 9.97 Å². The maximum atomic E-state index is 5.52. The average molecular weight is 251 g/mol.